The summed E-state index contributed by atoms with van der Waals surface area (Å²) in [5.74, 6) is 1.34. The Morgan fingerprint density at radius 2 is 2.04 bits per heavy atom. The third-order valence-electron chi connectivity index (χ3n) is 4.68. The van der Waals surface area contributed by atoms with Gasteiger partial charge in [0, 0.05) is 43.3 Å². The minimum absolute atomic E-state index is 0.245. The van der Waals surface area contributed by atoms with Crippen molar-refractivity contribution < 1.29 is 5.11 Å². The highest BCUT2D eigenvalue weighted by atomic mass is 16.3. The van der Waals surface area contributed by atoms with E-state index in [2.05, 4.69) is 59.9 Å². The smallest absolute Gasteiger partial charge is 0.191 e. The van der Waals surface area contributed by atoms with E-state index in [-0.39, 0.29) is 6.61 Å². The fourth-order valence-corrected chi connectivity index (χ4v) is 3.30. The molecule has 0 aliphatic carbocycles. The lowest BCUT2D eigenvalue weighted by atomic mass is 10.0. The first kappa shape index (κ1) is 20.3. The van der Waals surface area contributed by atoms with E-state index in [1.165, 1.54) is 16.5 Å². The Labute approximate surface area is 157 Å². The summed E-state index contributed by atoms with van der Waals surface area (Å²) in [6.07, 6.45) is 7.30. The molecular weight excluding hydrogens is 324 g/mol. The molecule has 0 spiro atoms. The van der Waals surface area contributed by atoms with Gasteiger partial charge < -0.3 is 20.7 Å². The number of guanidine groups is 1. The first-order chi connectivity index (χ1) is 12.8. The van der Waals surface area contributed by atoms with Gasteiger partial charge in [-0.1, -0.05) is 31.5 Å². The number of aliphatic imine (C=N–C) groups is 1. The molecule has 0 saturated heterocycles. The molecule has 1 aromatic heterocycles. The van der Waals surface area contributed by atoms with E-state index >= 15 is 0 Å². The van der Waals surface area contributed by atoms with Gasteiger partial charge in [0.25, 0.3) is 0 Å². The monoisotopic (exact) mass is 358 g/mol. The van der Waals surface area contributed by atoms with Crippen LogP contribution in [0.2, 0.25) is 0 Å². The van der Waals surface area contributed by atoms with Gasteiger partial charge in [-0.05, 0) is 50.2 Å². The molecule has 1 aromatic carbocycles. The SMILES string of the molecule is CCCC(CCO)CN=C(NCC)NCCCc1c[nH]c2ccccc12. The maximum Gasteiger partial charge on any atom is 0.191 e. The summed E-state index contributed by atoms with van der Waals surface area (Å²) in [7, 11) is 0. The number of hydrogen-bond donors (Lipinski definition) is 4. The van der Waals surface area contributed by atoms with E-state index in [0.29, 0.717) is 5.92 Å². The minimum atomic E-state index is 0.245. The predicted molar refractivity (Wildman–Crippen MR) is 111 cm³/mol. The number of aryl methyl sites for hydroxylation is 1. The van der Waals surface area contributed by atoms with Crippen molar-refractivity contribution in [2.45, 2.75) is 46.0 Å². The Balaban J connectivity index is 1.81. The maximum absolute atomic E-state index is 9.19. The van der Waals surface area contributed by atoms with Crippen LogP contribution in [0.5, 0.6) is 0 Å². The summed E-state index contributed by atoms with van der Waals surface area (Å²) in [5, 5.41) is 17.3. The molecule has 1 atom stereocenters. The summed E-state index contributed by atoms with van der Waals surface area (Å²) in [5.41, 5.74) is 2.58. The average Bonchev–Trinajstić information content (AvgIpc) is 3.06. The van der Waals surface area contributed by atoms with Crippen LogP contribution in [0.25, 0.3) is 10.9 Å². The highest BCUT2D eigenvalue weighted by Crippen LogP contribution is 2.18. The molecule has 5 nitrogen and oxygen atoms in total. The van der Waals surface area contributed by atoms with Crippen LogP contribution in [0, 0.1) is 5.92 Å². The molecule has 0 aliphatic heterocycles. The molecule has 5 heteroatoms. The molecule has 2 rings (SSSR count). The molecule has 0 aliphatic rings. The molecule has 0 saturated carbocycles. The number of aromatic amines is 1. The number of benzene rings is 1. The van der Waals surface area contributed by atoms with Crippen LogP contribution >= 0.6 is 0 Å². The van der Waals surface area contributed by atoms with E-state index < -0.39 is 0 Å². The van der Waals surface area contributed by atoms with Crippen LogP contribution in [0.1, 0.15) is 45.1 Å². The zero-order valence-electron chi connectivity index (χ0n) is 16.2. The number of para-hydroxylation sites is 1. The average molecular weight is 359 g/mol. The maximum atomic E-state index is 9.19. The molecule has 26 heavy (non-hydrogen) atoms. The van der Waals surface area contributed by atoms with Crippen LogP contribution < -0.4 is 10.6 Å². The number of aliphatic hydroxyl groups excluding tert-OH is 1. The molecule has 1 unspecified atom stereocenters. The number of fused-ring (bicyclic) bond motifs is 1. The number of nitrogens with one attached hydrogen (secondary N) is 3. The van der Waals surface area contributed by atoms with Crippen molar-refractivity contribution in [1.29, 1.82) is 0 Å². The van der Waals surface area contributed by atoms with Crippen molar-refractivity contribution in [3.8, 4) is 0 Å². The van der Waals surface area contributed by atoms with Crippen LogP contribution in [-0.4, -0.2) is 42.3 Å². The molecule has 144 valence electrons. The van der Waals surface area contributed by atoms with Crippen LogP contribution in [0.3, 0.4) is 0 Å². The number of aliphatic hydroxyl groups is 1. The number of hydrogen-bond acceptors (Lipinski definition) is 2. The van der Waals surface area contributed by atoms with Crippen molar-refractivity contribution in [1.82, 2.24) is 15.6 Å². The third kappa shape index (κ3) is 6.37. The van der Waals surface area contributed by atoms with E-state index in [4.69, 9.17) is 4.99 Å². The highest BCUT2D eigenvalue weighted by molar-refractivity contribution is 5.83. The van der Waals surface area contributed by atoms with Gasteiger partial charge >= 0.3 is 0 Å². The largest absolute Gasteiger partial charge is 0.396 e. The quantitative estimate of drug-likeness (QED) is 0.282. The summed E-state index contributed by atoms with van der Waals surface area (Å²) in [4.78, 5) is 8.05. The van der Waals surface area contributed by atoms with Crippen molar-refractivity contribution in [2.24, 2.45) is 10.9 Å². The summed E-state index contributed by atoms with van der Waals surface area (Å²) < 4.78 is 0. The third-order valence-corrected chi connectivity index (χ3v) is 4.68. The van der Waals surface area contributed by atoms with Crippen molar-refractivity contribution in [3.63, 3.8) is 0 Å². The van der Waals surface area contributed by atoms with Crippen molar-refractivity contribution in [2.75, 3.05) is 26.2 Å². The fourth-order valence-electron chi connectivity index (χ4n) is 3.30. The zero-order chi connectivity index (χ0) is 18.6. The van der Waals surface area contributed by atoms with Crippen molar-refractivity contribution >= 4 is 16.9 Å². The second-order valence-corrected chi connectivity index (χ2v) is 6.78. The Kier molecular flexibility index (Phi) is 9.04. The fraction of sp³-hybridized carbons (Fsp3) is 0.571. The second kappa shape index (κ2) is 11.6. The van der Waals surface area contributed by atoms with Gasteiger partial charge in [0.05, 0.1) is 0 Å². The lowest BCUT2D eigenvalue weighted by Crippen LogP contribution is -2.38. The Hall–Kier alpha value is -2.01. The summed E-state index contributed by atoms with van der Waals surface area (Å²) >= 11 is 0. The predicted octanol–water partition coefficient (Wildman–Crippen LogP) is 3.45. The van der Waals surface area contributed by atoms with Gasteiger partial charge in [-0.25, -0.2) is 0 Å². The van der Waals surface area contributed by atoms with Gasteiger partial charge in [-0.3, -0.25) is 4.99 Å². The number of aromatic nitrogens is 1. The van der Waals surface area contributed by atoms with Gasteiger partial charge in [0.1, 0.15) is 0 Å². The molecule has 1 heterocycles. The Morgan fingerprint density at radius 3 is 2.81 bits per heavy atom. The van der Waals surface area contributed by atoms with Gasteiger partial charge in [-0.15, -0.1) is 0 Å². The highest BCUT2D eigenvalue weighted by Gasteiger charge is 2.07. The van der Waals surface area contributed by atoms with Gasteiger partial charge in [0.2, 0.25) is 0 Å². The Bertz CT molecular complexity index is 659. The molecule has 0 fully saturated rings. The van der Waals surface area contributed by atoms with Crippen LogP contribution in [-0.2, 0) is 6.42 Å². The molecule has 0 radical (unpaired) electrons. The summed E-state index contributed by atoms with van der Waals surface area (Å²) in [6.45, 7) is 7.03. The number of H-pyrrole nitrogens is 1. The molecular formula is C21H34N4O. The van der Waals surface area contributed by atoms with E-state index in [1.54, 1.807) is 0 Å². The molecule has 4 N–H and O–H groups in total. The number of rotatable bonds is 11. The molecule has 2 aromatic rings. The minimum Gasteiger partial charge on any atom is -0.396 e. The lowest BCUT2D eigenvalue weighted by molar-refractivity contribution is 0.253. The number of nitrogens with zero attached hydrogens (tertiary/aromatic N) is 1. The Morgan fingerprint density at radius 1 is 1.19 bits per heavy atom. The van der Waals surface area contributed by atoms with E-state index in [1.807, 2.05) is 0 Å². The first-order valence-electron chi connectivity index (χ1n) is 9.96. The second-order valence-electron chi connectivity index (χ2n) is 6.78. The molecule has 0 amide bonds. The van der Waals surface area contributed by atoms with Crippen LogP contribution in [0.15, 0.2) is 35.5 Å². The summed E-state index contributed by atoms with van der Waals surface area (Å²) in [6, 6.07) is 8.44. The normalized spacial score (nSPS) is 13.1. The van der Waals surface area contributed by atoms with Crippen molar-refractivity contribution in [3.05, 3.63) is 36.0 Å². The lowest BCUT2D eigenvalue weighted by Gasteiger charge is -2.15. The van der Waals surface area contributed by atoms with Gasteiger partial charge in [-0.2, -0.15) is 0 Å². The standard InChI is InChI=1S/C21H34N4O/c1-3-8-17(12-14-26)15-25-21(22-4-2)23-13-7-9-18-16-24-20-11-6-5-10-19(18)20/h5-6,10-11,16-17,24,26H,3-4,7-9,12-15H2,1-2H3,(H2,22,23,25). The van der Waals surface area contributed by atoms with E-state index in [9.17, 15) is 5.11 Å². The topological polar surface area (TPSA) is 72.4 Å². The zero-order valence-corrected chi connectivity index (χ0v) is 16.2. The van der Waals surface area contributed by atoms with Gasteiger partial charge in [0.15, 0.2) is 5.96 Å². The van der Waals surface area contributed by atoms with Crippen LogP contribution in [0.4, 0.5) is 0 Å². The molecule has 0 bridgehead atoms. The first-order valence-corrected chi connectivity index (χ1v) is 9.96. The van der Waals surface area contributed by atoms with E-state index in [0.717, 1.165) is 57.7 Å².